The highest BCUT2D eigenvalue weighted by atomic mass is 16.3. The van der Waals surface area contributed by atoms with Crippen LogP contribution in [0.1, 0.15) is 37.8 Å². The third kappa shape index (κ3) is 3.41. The summed E-state index contributed by atoms with van der Waals surface area (Å²) in [6.07, 6.45) is 3.84. The average molecular weight is 288 g/mol. The first-order valence-electron chi connectivity index (χ1n) is 8.40. The Kier molecular flexibility index (Phi) is 4.51. The van der Waals surface area contributed by atoms with Gasteiger partial charge in [-0.15, -0.1) is 0 Å². The molecule has 0 unspecified atom stereocenters. The maximum Gasteiger partial charge on any atom is 0.115 e. The van der Waals surface area contributed by atoms with Crippen LogP contribution in [0.2, 0.25) is 0 Å². The van der Waals surface area contributed by atoms with Crippen LogP contribution in [0.3, 0.4) is 0 Å². The summed E-state index contributed by atoms with van der Waals surface area (Å²) in [6.45, 7) is 10.6. The maximum atomic E-state index is 9.73. The summed E-state index contributed by atoms with van der Waals surface area (Å²) in [6, 6.07) is 6.49. The zero-order valence-corrected chi connectivity index (χ0v) is 13.4. The molecule has 3 heteroatoms. The Balaban J connectivity index is 1.71. The minimum absolute atomic E-state index is 0.399. The van der Waals surface area contributed by atoms with E-state index in [0.717, 1.165) is 19.5 Å². The molecule has 2 aliphatic heterocycles. The normalized spacial score (nSPS) is 21.7. The molecule has 0 radical (unpaired) electrons. The number of likely N-dealkylation sites (tertiary alicyclic amines) is 1. The van der Waals surface area contributed by atoms with E-state index in [4.69, 9.17) is 0 Å². The second-order valence-electron chi connectivity index (χ2n) is 6.99. The summed E-state index contributed by atoms with van der Waals surface area (Å²) in [5.41, 5.74) is 2.72. The van der Waals surface area contributed by atoms with Gasteiger partial charge >= 0.3 is 0 Å². The van der Waals surface area contributed by atoms with Crippen molar-refractivity contribution in [3.8, 4) is 5.75 Å². The number of phenolic OH excluding ortho intramolecular Hbond substituents is 1. The molecular weight excluding hydrogens is 260 g/mol. The zero-order chi connectivity index (χ0) is 14.8. The van der Waals surface area contributed by atoms with Gasteiger partial charge in [-0.2, -0.15) is 0 Å². The Labute approximate surface area is 128 Å². The van der Waals surface area contributed by atoms with Crippen molar-refractivity contribution >= 4 is 0 Å². The molecule has 0 saturated carbocycles. The fraction of sp³-hybridized carbons (Fsp3) is 0.667. The summed E-state index contributed by atoms with van der Waals surface area (Å²) in [5.74, 6) is 1.07. The fourth-order valence-corrected chi connectivity index (χ4v) is 3.83. The first-order chi connectivity index (χ1) is 10.1. The number of benzene rings is 1. The van der Waals surface area contributed by atoms with Gasteiger partial charge in [0.05, 0.1) is 0 Å². The van der Waals surface area contributed by atoms with E-state index in [1.807, 2.05) is 12.1 Å². The number of phenols is 1. The lowest BCUT2D eigenvalue weighted by molar-refractivity contribution is 0.103. The monoisotopic (exact) mass is 288 g/mol. The van der Waals surface area contributed by atoms with Gasteiger partial charge in [-0.3, -0.25) is 4.90 Å². The summed E-state index contributed by atoms with van der Waals surface area (Å²) < 4.78 is 0. The molecule has 2 heterocycles. The fourth-order valence-electron chi connectivity index (χ4n) is 3.83. The first kappa shape index (κ1) is 14.9. The summed E-state index contributed by atoms with van der Waals surface area (Å²) in [4.78, 5) is 5.26. The largest absolute Gasteiger partial charge is 0.508 e. The first-order valence-corrected chi connectivity index (χ1v) is 8.40. The molecule has 2 aliphatic rings. The maximum absolute atomic E-state index is 9.73. The molecular formula is C18H28N2O. The van der Waals surface area contributed by atoms with Gasteiger partial charge in [-0.05, 0) is 61.5 Å². The third-order valence-electron chi connectivity index (χ3n) is 5.11. The topological polar surface area (TPSA) is 26.7 Å². The van der Waals surface area contributed by atoms with Gasteiger partial charge in [0.2, 0.25) is 0 Å². The van der Waals surface area contributed by atoms with Gasteiger partial charge in [-0.25, -0.2) is 0 Å². The molecule has 1 saturated heterocycles. The van der Waals surface area contributed by atoms with Crippen molar-refractivity contribution in [3.63, 3.8) is 0 Å². The van der Waals surface area contributed by atoms with Crippen LogP contribution in [0.4, 0.5) is 0 Å². The quantitative estimate of drug-likeness (QED) is 0.923. The lowest BCUT2D eigenvalue weighted by Crippen LogP contribution is -2.48. The molecule has 0 aliphatic carbocycles. The van der Waals surface area contributed by atoms with E-state index in [1.165, 1.54) is 43.6 Å². The van der Waals surface area contributed by atoms with Crippen LogP contribution in [0.25, 0.3) is 0 Å². The van der Waals surface area contributed by atoms with Gasteiger partial charge in [0.25, 0.3) is 0 Å². The van der Waals surface area contributed by atoms with Crippen LogP contribution in [0, 0.1) is 5.92 Å². The molecule has 0 amide bonds. The second-order valence-corrected chi connectivity index (χ2v) is 6.99. The van der Waals surface area contributed by atoms with Gasteiger partial charge in [0.1, 0.15) is 5.75 Å². The van der Waals surface area contributed by atoms with Crippen LogP contribution in [-0.2, 0) is 13.0 Å². The predicted octanol–water partition coefficient (Wildman–Crippen LogP) is 2.87. The Morgan fingerprint density at radius 1 is 1.10 bits per heavy atom. The van der Waals surface area contributed by atoms with E-state index in [1.54, 1.807) is 0 Å². The summed E-state index contributed by atoms with van der Waals surface area (Å²) >= 11 is 0. The van der Waals surface area contributed by atoms with E-state index in [-0.39, 0.29) is 0 Å². The molecule has 116 valence electrons. The lowest BCUT2D eigenvalue weighted by Gasteiger charge is -2.39. The second kappa shape index (κ2) is 6.37. The van der Waals surface area contributed by atoms with Gasteiger partial charge in [0.15, 0.2) is 0 Å². The summed E-state index contributed by atoms with van der Waals surface area (Å²) in [5, 5.41) is 9.73. The third-order valence-corrected chi connectivity index (χ3v) is 5.11. The van der Waals surface area contributed by atoms with Crippen molar-refractivity contribution in [2.45, 2.75) is 45.7 Å². The van der Waals surface area contributed by atoms with Crippen molar-refractivity contribution in [1.82, 2.24) is 9.80 Å². The minimum atomic E-state index is 0.399. The molecule has 0 aromatic heterocycles. The highest BCUT2D eigenvalue weighted by molar-refractivity contribution is 5.36. The number of hydrogen-bond donors (Lipinski definition) is 1. The molecule has 1 N–H and O–H groups in total. The standard InChI is InChI=1S/C18H28N2O/c1-14(2)18(13-19-8-3-4-9-19)20-10-7-15-5-6-17(21)11-16(15)12-20/h5-6,11,14,18,21H,3-4,7-10,12-13H2,1-2H3/t18-/m1/s1. The zero-order valence-electron chi connectivity index (χ0n) is 13.4. The molecule has 21 heavy (non-hydrogen) atoms. The van der Waals surface area contributed by atoms with E-state index in [0.29, 0.717) is 17.7 Å². The van der Waals surface area contributed by atoms with Gasteiger partial charge in [0, 0.05) is 25.7 Å². The van der Waals surface area contributed by atoms with Crippen molar-refractivity contribution < 1.29 is 5.11 Å². The van der Waals surface area contributed by atoms with Crippen molar-refractivity contribution in [3.05, 3.63) is 29.3 Å². The molecule has 0 bridgehead atoms. The van der Waals surface area contributed by atoms with Crippen LogP contribution >= 0.6 is 0 Å². The average Bonchev–Trinajstić information content (AvgIpc) is 2.96. The van der Waals surface area contributed by atoms with E-state index < -0.39 is 0 Å². The molecule has 0 spiro atoms. The number of fused-ring (bicyclic) bond motifs is 1. The molecule has 1 fully saturated rings. The van der Waals surface area contributed by atoms with Crippen LogP contribution in [-0.4, -0.2) is 47.1 Å². The number of nitrogens with zero attached hydrogens (tertiary/aromatic N) is 2. The molecule has 1 aromatic carbocycles. The van der Waals surface area contributed by atoms with Gasteiger partial charge in [-0.1, -0.05) is 19.9 Å². The Hall–Kier alpha value is -1.06. The molecule has 1 aromatic rings. The van der Waals surface area contributed by atoms with Crippen molar-refractivity contribution in [2.75, 3.05) is 26.2 Å². The van der Waals surface area contributed by atoms with Crippen molar-refractivity contribution in [2.24, 2.45) is 5.92 Å². The van der Waals surface area contributed by atoms with Crippen molar-refractivity contribution in [1.29, 1.82) is 0 Å². The summed E-state index contributed by atoms with van der Waals surface area (Å²) in [7, 11) is 0. The highest BCUT2D eigenvalue weighted by Gasteiger charge is 2.28. The highest BCUT2D eigenvalue weighted by Crippen LogP contribution is 2.27. The Bertz CT molecular complexity index is 480. The smallest absolute Gasteiger partial charge is 0.115 e. The molecule has 3 nitrogen and oxygen atoms in total. The van der Waals surface area contributed by atoms with E-state index in [2.05, 4.69) is 29.7 Å². The van der Waals surface area contributed by atoms with Crippen LogP contribution in [0.15, 0.2) is 18.2 Å². The van der Waals surface area contributed by atoms with E-state index >= 15 is 0 Å². The van der Waals surface area contributed by atoms with Crippen LogP contribution < -0.4 is 0 Å². The number of hydrogen-bond acceptors (Lipinski definition) is 3. The Morgan fingerprint density at radius 2 is 1.86 bits per heavy atom. The SMILES string of the molecule is CC(C)[C@@H](CN1CCCC1)N1CCc2ccc(O)cc2C1. The lowest BCUT2D eigenvalue weighted by atomic mass is 9.94. The minimum Gasteiger partial charge on any atom is -0.508 e. The van der Waals surface area contributed by atoms with Crippen LogP contribution in [0.5, 0.6) is 5.75 Å². The Morgan fingerprint density at radius 3 is 2.57 bits per heavy atom. The number of rotatable bonds is 4. The van der Waals surface area contributed by atoms with E-state index in [9.17, 15) is 5.11 Å². The number of aromatic hydroxyl groups is 1. The molecule has 3 rings (SSSR count). The predicted molar refractivity (Wildman–Crippen MR) is 86.5 cm³/mol. The molecule has 1 atom stereocenters. The van der Waals surface area contributed by atoms with Gasteiger partial charge < -0.3 is 10.0 Å².